The molecule has 0 aliphatic carbocycles. The largest absolute Gasteiger partial charge is 0.397 e. The lowest BCUT2D eigenvalue weighted by Crippen LogP contribution is -1.99. The van der Waals surface area contributed by atoms with E-state index in [4.69, 9.17) is 11.0 Å². The Morgan fingerprint density at radius 3 is 2.47 bits per heavy atom. The molecule has 0 heterocycles. The summed E-state index contributed by atoms with van der Waals surface area (Å²) in [5.41, 5.74) is 9.34. The maximum absolute atomic E-state index is 9.18. The van der Waals surface area contributed by atoms with Crippen LogP contribution in [-0.2, 0) is 0 Å². The molecule has 0 fully saturated rings. The molecule has 0 spiro atoms. The van der Waals surface area contributed by atoms with Crippen LogP contribution in [0.1, 0.15) is 37.5 Å². The number of thioether (sulfide) groups is 1. The quantitative estimate of drug-likeness (QED) is 0.666. The molecule has 0 aliphatic rings. The lowest BCUT2D eigenvalue weighted by Gasteiger charge is -2.11. The van der Waals surface area contributed by atoms with Crippen molar-refractivity contribution in [1.82, 2.24) is 0 Å². The second-order valence-corrected chi connectivity index (χ2v) is 5.60. The Kier molecular flexibility index (Phi) is 5.03. The second-order valence-electron chi connectivity index (χ2n) is 4.72. The van der Waals surface area contributed by atoms with Gasteiger partial charge in [0.2, 0.25) is 0 Å². The van der Waals surface area contributed by atoms with E-state index in [1.54, 1.807) is 13.0 Å². The van der Waals surface area contributed by atoms with Gasteiger partial charge in [-0.25, -0.2) is 0 Å². The van der Waals surface area contributed by atoms with Crippen molar-refractivity contribution in [3.63, 3.8) is 0 Å². The summed E-state index contributed by atoms with van der Waals surface area (Å²) >= 11 is 1.41. The van der Waals surface area contributed by atoms with Gasteiger partial charge in [-0.1, -0.05) is 31.2 Å². The maximum atomic E-state index is 9.18. The van der Waals surface area contributed by atoms with Crippen LogP contribution in [0.4, 0.5) is 5.69 Å². The summed E-state index contributed by atoms with van der Waals surface area (Å²) in [5.74, 6) is 0.445. The third-order valence-electron chi connectivity index (χ3n) is 3.02. The van der Waals surface area contributed by atoms with Crippen LogP contribution in [0.5, 0.6) is 0 Å². The van der Waals surface area contributed by atoms with Gasteiger partial charge in [-0.15, -0.1) is 0 Å². The Morgan fingerprint density at radius 2 is 2.00 bits per heavy atom. The number of anilines is 1. The van der Waals surface area contributed by atoms with Crippen LogP contribution in [0, 0.1) is 35.5 Å². The van der Waals surface area contributed by atoms with Crippen molar-refractivity contribution < 1.29 is 0 Å². The highest BCUT2D eigenvalue weighted by Gasteiger charge is 2.14. The van der Waals surface area contributed by atoms with Crippen molar-refractivity contribution in [2.75, 3.05) is 5.73 Å². The van der Waals surface area contributed by atoms with Gasteiger partial charge in [0.1, 0.15) is 12.1 Å². The van der Waals surface area contributed by atoms with Gasteiger partial charge in [0.15, 0.2) is 0 Å². The summed E-state index contributed by atoms with van der Waals surface area (Å²) in [5, 5.41) is 20.3. The average molecular weight is 271 g/mol. The van der Waals surface area contributed by atoms with E-state index in [0.29, 0.717) is 27.6 Å². The van der Waals surface area contributed by atoms with E-state index in [-0.39, 0.29) is 0 Å². The molecule has 0 saturated heterocycles. The van der Waals surface area contributed by atoms with E-state index in [0.717, 1.165) is 5.56 Å². The normalized spacial score (nSPS) is 11.2. The number of rotatable bonds is 3. The molecule has 0 aliphatic heterocycles. The van der Waals surface area contributed by atoms with E-state index in [1.165, 1.54) is 17.3 Å². The minimum Gasteiger partial charge on any atom is -0.397 e. The van der Waals surface area contributed by atoms with Crippen molar-refractivity contribution in [1.29, 1.82) is 10.5 Å². The fourth-order valence-electron chi connectivity index (χ4n) is 1.47. The van der Waals surface area contributed by atoms with Gasteiger partial charge in [0.05, 0.1) is 21.7 Å². The zero-order chi connectivity index (χ0) is 14.6. The lowest BCUT2D eigenvalue weighted by atomic mass is 10.0. The molecule has 0 atom stereocenters. The molecule has 1 rings (SSSR count). The van der Waals surface area contributed by atoms with E-state index in [2.05, 4.69) is 26.0 Å². The number of nitrogens with two attached hydrogens (primary N) is 1. The zero-order valence-corrected chi connectivity index (χ0v) is 12.4. The Morgan fingerprint density at radius 1 is 1.37 bits per heavy atom. The molecule has 1 aromatic carbocycles. The Labute approximate surface area is 118 Å². The predicted octanol–water partition coefficient (Wildman–Crippen LogP) is 3.97. The van der Waals surface area contributed by atoms with Crippen LogP contribution in [0.25, 0.3) is 0 Å². The first-order chi connectivity index (χ1) is 8.92. The number of nitrogen functional groups attached to an aromatic ring is 1. The van der Waals surface area contributed by atoms with Gasteiger partial charge in [-0.2, -0.15) is 10.5 Å². The molecule has 0 aromatic heterocycles. The van der Waals surface area contributed by atoms with Crippen molar-refractivity contribution in [2.45, 2.75) is 32.6 Å². The molecular weight excluding hydrogens is 254 g/mol. The number of nitrogens with zero attached hydrogens (tertiary/aromatic N) is 2. The molecule has 0 amide bonds. The summed E-state index contributed by atoms with van der Waals surface area (Å²) < 4.78 is 0. The van der Waals surface area contributed by atoms with Gasteiger partial charge in [-0.3, -0.25) is 0 Å². The molecule has 98 valence electrons. The fourth-order valence-corrected chi connectivity index (χ4v) is 2.51. The van der Waals surface area contributed by atoms with Crippen LogP contribution in [-0.4, -0.2) is 0 Å². The summed E-state index contributed by atoms with van der Waals surface area (Å²) in [6, 6.07) is 5.96. The molecule has 19 heavy (non-hydrogen) atoms. The number of allylic oxidation sites excluding steroid dienone is 1. The molecule has 0 radical (unpaired) electrons. The van der Waals surface area contributed by atoms with Crippen LogP contribution in [0.3, 0.4) is 0 Å². The molecule has 0 bridgehead atoms. The summed E-state index contributed by atoms with van der Waals surface area (Å²) in [7, 11) is 0. The van der Waals surface area contributed by atoms with Crippen molar-refractivity contribution in [3.8, 4) is 12.1 Å². The summed E-state index contributed by atoms with van der Waals surface area (Å²) in [6.07, 6.45) is 0. The standard InChI is InChI=1S/C15H17N3S/c1-9(2)11(4)8-19-15-12(6-16)5-10(3)13(7-17)14(15)18/h5,8-9H,18H2,1-4H3/b11-8+. The minimum absolute atomic E-state index is 0.400. The number of hydrogen-bond donors (Lipinski definition) is 1. The highest BCUT2D eigenvalue weighted by molar-refractivity contribution is 8.02. The SMILES string of the molecule is C/C(=C\Sc1c(C#N)cc(C)c(C#N)c1N)C(C)C. The topological polar surface area (TPSA) is 73.6 Å². The van der Waals surface area contributed by atoms with Gasteiger partial charge in [0.25, 0.3) is 0 Å². The fraction of sp³-hybridized carbons (Fsp3) is 0.333. The minimum atomic E-state index is 0.400. The number of nitriles is 2. The first-order valence-corrected chi connectivity index (χ1v) is 6.86. The molecule has 3 nitrogen and oxygen atoms in total. The van der Waals surface area contributed by atoms with Gasteiger partial charge >= 0.3 is 0 Å². The van der Waals surface area contributed by atoms with Crippen LogP contribution >= 0.6 is 11.8 Å². The monoisotopic (exact) mass is 271 g/mol. The number of hydrogen-bond acceptors (Lipinski definition) is 4. The Balaban J connectivity index is 3.32. The Hall–Kier alpha value is -1.91. The second kappa shape index (κ2) is 6.31. The van der Waals surface area contributed by atoms with Crippen LogP contribution in [0.15, 0.2) is 21.9 Å². The van der Waals surface area contributed by atoms with Crippen molar-refractivity contribution >= 4 is 17.4 Å². The van der Waals surface area contributed by atoms with Crippen molar-refractivity contribution in [3.05, 3.63) is 33.7 Å². The summed E-state index contributed by atoms with van der Waals surface area (Å²) in [4.78, 5) is 0.671. The van der Waals surface area contributed by atoms with Crippen molar-refractivity contribution in [2.24, 2.45) is 5.92 Å². The Bertz CT molecular complexity index is 601. The predicted molar refractivity (Wildman–Crippen MR) is 79.5 cm³/mol. The molecule has 4 heteroatoms. The van der Waals surface area contributed by atoms with Gasteiger partial charge in [-0.05, 0) is 36.8 Å². The van der Waals surface area contributed by atoms with Crippen LogP contribution < -0.4 is 5.73 Å². The maximum Gasteiger partial charge on any atom is 0.102 e. The van der Waals surface area contributed by atoms with E-state index < -0.39 is 0 Å². The van der Waals surface area contributed by atoms with E-state index >= 15 is 0 Å². The van der Waals surface area contributed by atoms with E-state index in [1.807, 2.05) is 12.3 Å². The van der Waals surface area contributed by atoms with Crippen LogP contribution in [0.2, 0.25) is 0 Å². The molecule has 1 aromatic rings. The molecule has 0 unspecified atom stereocenters. The third-order valence-corrected chi connectivity index (χ3v) is 4.18. The number of benzene rings is 1. The third kappa shape index (κ3) is 3.30. The lowest BCUT2D eigenvalue weighted by molar-refractivity contribution is 0.772. The van der Waals surface area contributed by atoms with Gasteiger partial charge in [0, 0.05) is 0 Å². The smallest absolute Gasteiger partial charge is 0.102 e. The number of aryl methyl sites for hydroxylation is 1. The molecular formula is C15H17N3S. The van der Waals surface area contributed by atoms with Gasteiger partial charge < -0.3 is 5.73 Å². The highest BCUT2D eigenvalue weighted by Crippen LogP contribution is 2.35. The molecule has 0 saturated carbocycles. The van der Waals surface area contributed by atoms with E-state index in [9.17, 15) is 5.26 Å². The summed E-state index contributed by atoms with van der Waals surface area (Å²) in [6.45, 7) is 8.05. The first kappa shape index (κ1) is 15.1. The highest BCUT2D eigenvalue weighted by atomic mass is 32.2. The zero-order valence-electron chi connectivity index (χ0n) is 11.6. The first-order valence-electron chi connectivity index (χ1n) is 5.99. The average Bonchev–Trinajstić information content (AvgIpc) is 2.36. The molecule has 2 N–H and O–H groups in total.